The number of hydrogen-bond donors (Lipinski definition) is 1. The Kier molecular flexibility index (Phi) is 5.49. The van der Waals surface area contributed by atoms with Gasteiger partial charge in [-0.05, 0) is 48.5 Å². The lowest BCUT2D eigenvalue weighted by Gasteiger charge is -2.11. The van der Waals surface area contributed by atoms with Crippen LogP contribution in [0.1, 0.15) is 41.9 Å². The topological polar surface area (TPSA) is 61.0 Å². The summed E-state index contributed by atoms with van der Waals surface area (Å²) >= 11 is 1.43. The van der Waals surface area contributed by atoms with Gasteiger partial charge in [0, 0.05) is 6.04 Å². The van der Waals surface area contributed by atoms with Gasteiger partial charge < -0.3 is 10.5 Å². The minimum absolute atomic E-state index is 0.0265. The molecule has 0 saturated heterocycles. The maximum atomic E-state index is 6.28. The quantitative estimate of drug-likeness (QED) is 0.851. The van der Waals surface area contributed by atoms with Crippen molar-refractivity contribution in [3.8, 4) is 5.75 Å². The molecule has 1 unspecified atom stereocenters. The van der Waals surface area contributed by atoms with Crippen LogP contribution in [0.3, 0.4) is 0 Å². The van der Waals surface area contributed by atoms with Crippen molar-refractivity contribution < 1.29 is 4.74 Å². The molecule has 20 heavy (non-hydrogen) atoms. The lowest BCUT2D eigenvalue weighted by molar-refractivity contribution is 0.414. The van der Waals surface area contributed by atoms with Crippen molar-refractivity contribution in [1.29, 1.82) is 0 Å². The fraction of sp³-hybridized carbons (Fsp3) is 0.467. The number of aromatic nitrogens is 2. The summed E-state index contributed by atoms with van der Waals surface area (Å²) in [4.78, 5) is 1.14. The first kappa shape index (κ1) is 14.9. The van der Waals surface area contributed by atoms with Gasteiger partial charge in [0.15, 0.2) is 0 Å². The maximum absolute atomic E-state index is 6.28. The number of nitrogens with zero attached hydrogens (tertiary/aromatic N) is 2. The third-order valence-electron chi connectivity index (χ3n) is 3.31. The average Bonchev–Trinajstić information content (AvgIpc) is 2.94. The van der Waals surface area contributed by atoms with E-state index in [4.69, 9.17) is 10.5 Å². The fourth-order valence-electron chi connectivity index (χ4n) is 2.15. The Morgan fingerprint density at radius 3 is 2.65 bits per heavy atom. The van der Waals surface area contributed by atoms with Crippen LogP contribution in [0, 0.1) is 0 Å². The molecule has 0 radical (unpaired) electrons. The Balaban J connectivity index is 1.93. The van der Waals surface area contributed by atoms with Gasteiger partial charge in [0.1, 0.15) is 5.75 Å². The van der Waals surface area contributed by atoms with Crippen LogP contribution in [0.2, 0.25) is 0 Å². The zero-order valence-corrected chi connectivity index (χ0v) is 12.8. The van der Waals surface area contributed by atoms with Crippen LogP contribution in [-0.4, -0.2) is 16.7 Å². The van der Waals surface area contributed by atoms with Crippen LogP contribution in [0.15, 0.2) is 24.3 Å². The van der Waals surface area contributed by atoms with Gasteiger partial charge in [-0.1, -0.05) is 30.0 Å². The van der Waals surface area contributed by atoms with E-state index in [9.17, 15) is 0 Å². The molecule has 108 valence electrons. The smallest absolute Gasteiger partial charge is 0.118 e. The highest BCUT2D eigenvalue weighted by molar-refractivity contribution is 7.05. The van der Waals surface area contributed by atoms with E-state index in [1.54, 1.807) is 7.11 Å². The summed E-state index contributed by atoms with van der Waals surface area (Å²) in [5.41, 5.74) is 8.62. The summed E-state index contributed by atoms with van der Waals surface area (Å²) in [6.07, 6.45) is 3.90. The van der Waals surface area contributed by atoms with Crippen molar-refractivity contribution in [2.75, 3.05) is 7.11 Å². The molecule has 1 atom stereocenters. The molecule has 2 aromatic rings. The summed E-state index contributed by atoms with van der Waals surface area (Å²) in [5, 5.41) is 4.18. The van der Waals surface area contributed by atoms with E-state index >= 15 is 0 Å². The molecule has 0 aliphatic carbocycles. The lowest BCUT2D eigenvalue weighted by atomic mass is 10.0. The van der Waals surface area contributed by atoms with Crippen molar-refractivity contribution in [2.24, 2.45) is 5.73 Å². The summed E-state index contributed by atoms with van der Waals surface area (Å²) in [6, 6.07) is 8.17. The molecule has 0 aliphatic heterocycles. The highest BCUT2D eigenvalue weighted by atomic mass is 32.1. The third kappa shape index (κ3) is 3.77. The Morgan fingerprint density at radius 1 is 1.25 bits per heavy atom. The highest BCUT2D eigenvalue weighted by Crippen LogP contribution is 2.24. The molecule has 1 aromatic heterocycles. The molecule has 0 amide bonds. The van der Waals surface area contributed by atoms with E-state index in [0.717, 1.165) is 42.0 Å². The van der Waals surface area contributed by atoms with Gasteiger partial charge in [0.05, 0.1) is 17.7 Å². The SMILES string of the molecule is CCCc1nnsc1C(N)CCc1ccc(OC)cc1. The second-order valence-corrected chi connectivity index (χ2v) is 5.61. The van der Waals surface area contributed by atoms with Gasteiger partial charge in [-0.2, -0.15) is 0 Å². The van der Waals surface area contributed by atoms with Crippen LogP contribution in [-0.2, 0) is 12.8 Å². The summed E-state index contributed by atoms with van der Waals surface area (Å²) in [5.74, 6) is 0.884. The van der Waals surface area contributed by atoms with Crippen LogP contribution in [0.5, 0.6) is 5.75 Å². The van der Waals surface area contributed by atoms with Gasteiger partial charge in [-0.15, -0.1) is 5.10 Å². The normalized spacial score (nSPS) is 12.3. The number of aryl methyl sites for hydroxylation is 2. The lowest BCUT2D eigenvalue weighted by Crippen LogP contribution is -2.12. The zero-order chi connectivity index (χ0) is 14.4. The molecule has 1 aromatic carbocycles. The fourth-order valence-corrected chi connectivity index (χ4v) is 2.88. The largest absolute Gasteiger partial charge is 0.497 e. The van der Waals surface area contributed by atoms with E-state index < -0.39 is 0 Å². The van der Waals surface area contributed by atoms with Gasteiger partial charge in [0.2, 0.25) is 0 Å². The molecule has 4 nitrogen and oxygen atoms in total. The van der Waals surface area contributed by atoms with Crippen molar-refractivity contribution >= 4 is 11.5 Å². The standard InChI is InChI=1S/C15H21N3OS/c1-3-4-14-15(20-18-17-14)13(16)10-7-11-5-8-12(19-2)9-6-11/h5-6,8-9,13H,3-4,7,10,16H2,1-2H3. The first-order chi connectivity index (χ1) is 9.74. The number of hydrogen-bond acceptors (Lipinski definition) is 5. The molecular formula is C15H21N3OS. The van der Waals surface area contributed by atoms with E-state index in [1.807, 2.05) is 12.1 Å². The minimum Gasteiger partial charge on any atom is -0.497 e. The van der Waals surface area contributed by atoms with Gasteiger partial charge >= 0.3 is 0 Å². The zero-order valence-electron chi connectivity index (χ0n) is 12.0. The highest BCUT2D eigenvalue weighted by Gasteiger charge is 2.15. The second kappa shape index (κ2) is 7.36. The molecule has 2 N–H and O–H groups in total. The van der Waals surface area contributed by atoms with Gasteiger partial charge in [-0.25, -0.2) is 0 Å². The first-order valence-corrected chi connectivity index (χ1v) is 7.71. The minimum atomic E-state index is 0.0265. The Hall–Kier alpha value is -1.46. The Morgan fingerprint density at radius 2 is 2.00 bits per heavy atom. The molecule has 0 aliphatic rings. The van der Waals surface area contributed by atoms with Crippen LogP contribution in [0.25, 0.3) is 0 Å². The molecule has 0 spiro atoms. The van der Waals surface area contributed by atoms with E-state index in [0.29, 0.717) is 0 Å². The van der Waals surface area contributed by atoms with Crippen molar-refractivity contribution in [2.45, 2.75) is 38.6 Å². The van der Waals surface area contributed by atoms with Crippen LogP contribution < -0.4 is 10.5 Å². The Labute approximate surface area is 124 Å². The Bertz CT molecular complexity index is 524. The van der Waals surface area contributed by atoms with Crippen molar-refractivity contribution in [1.82, 2.24) is 9.59 Å². The molecule has 0 saturated carbocycles. The number of nitrogens with two attached hydrogens (primary N) is 1. The molecule has 5 heteroatoms. The summed E-state index contributed by atoms with van der Waals surface area (Å²) < 4.78 is 9.19. The molecule has 1 heterocycles. The number of rotatable bonds is 7. The van der Waals surface area contributed by atoms with Crippen molar-refractivity contribution in [3.63, 3.8) is 0 Å². The van der Waals surface area contributed by atoms with E-state index in [2.05, 4.69) is 28.6 Å². The molecule has 0 fully saturated rings. The van der Waals surface area contributed by atoms with Gasteiger partial charge in [-0.3, -0.25) is 0 Å². The number of ether oxygens (including phenoxy) is 1. The predicted octanol–water partition coefficient (Wildman–Crippen LogP) is 3.13. The van der Waals surface area contributed by atoms with Gasteiger partial charge in [0.25, 0.3) is 0 Å². The monoisotopic (exact) mass is 291 g/mol. The predicted molar refractivity (Wildman–Crippen MR) is 82.1 cm³/mol. The van der Waals surface area contributed by atoms with Crippen LogP contribution >= 0.6 is 11.5 Å². The maximum Gasteiger partial charge on any atom is 0.118 e. The van der Waals surface area contributed by atoms with Crippen LogP contribution in [0.4, 0.5) is 0 Å². The molecular weight excluding hydrogens is 270 g/mol. The summed E-state index contributed by atoms with van der Waals surface area (Å²) in [7, 11) is 1.68. The van der Waals surface area contributed by atoms with E-state index in [1.165, 1.54) is 17.1 Å². The first-order valence-electron chi connectivity index (χ1n) is 6.94. The van der Waals surface area contributed by atoms with Crippen molar-refractivity contribution in [3.05, 3.63) is 40.4 Å². The molecule has 0 bridgehead atoms. The third-order valence-corrected chi connectivity index (χ3v) is 4.21. The number of methoxy groups -OCH3 is 1. The average molecular weight is 291 g/mol. The second-order valence-electron chi connectivity index (χ2n) is 4.83. The summed E-state index contributed by atoms with van der Waals surface area (Å²) in [6.45, 7) is 2.14. The molecule has 2 rings (SSSR count). The number of benzene rings is 1. The van der Waals surface area contributed by atoms with E-state index in [-0.39, 0.29) is 6.04 Å².